The number of aromatic nitrogens is 1. The molecular formula is C23H27IN3O3-. The number of amides is 1. The van der Waals surface area contributed by atoms with E-state index in [1.807, 2.05) is 12.1 Å². The molecule has 3 N–H and O–H groups in total. The number of rotatable bonds is 7. The monoisotopic (exact) mass is 520 g/mol. The Kier molecular flexibility index (Phi) is 6.72. The molecule has 3 aromatic rings. The Morgan fingerprint density at radius 3 is 2.67 bits per heavy atom. The normalized spacial score (nSPS) is 17.1. The van der Waals surface area contributed by atoms with Crippen LogP contribution in [0.15, 0.2) is 48.5 Å². The van der Waals surface area contributed by atoms with Crippen LogP contribution in [0.5, 0.6) is 0 Å². The van der Waals surface area contributed by atoms with E-state index in [0.717, 1.165) is 36.0 Å². The summed E-state index contributed by atoms with van der Waals surface area (Å²) >= 11 is -0.126. The molecule has 1 aliphatic rings. The SMILES string of the molecule is Cc1c(Cc2ccc(C(=O)NO)cc2)c2ccccc2n1C[I-]N1CCC(CO)C1. The van der Waals surface area contributed by atoms with Gasteiger partial charge in [-0.25, -0.2) is 0 Å². The van der Waals surface area contributed by atoms with Gasteiger partial charge in [-0.2, -0.15) is 0 Å². The topological polar surface area (TPSA) is 77.7 Å². The van der Waals surface area contributed by atoms with Gasteiger partial charge in [0, 0.05) is 0 Å². The molecule has 6 nitrogen and oxygen atoms in total. The maximum absolute atomic E-state index is 11.6. The van der Waals surface area contributed by atoms with Gasteiger partial charge in [-0.1, -0.05) is 0 Å². The average molecular weight is 520 g/mol. The molecule has 1 aliphatic heterocycles. The molecule has 160 valence electrons. The number of aliphatic hydroxyl groups excluding tert-OH is 1. The molecule has 30 heavy (non-hydrogen) atoms. The number of nitrogens with zero attached hydrogens (tertiary/aromatic N) is 2. The van der Waals surface area contributed by atoms with Gasteiger partial charge in [-0.15, -0.1) is 0 Å². The van der Waals surface area contributed by atoms with Crippen molar-refractivity contribution in [3.05, 3.63) is 70.9 Å². The van der Waals surface area contributed by atoms with E-state index in [1.54, 1.807) is 17.6 Å². The van der Waals surface area contributed by atoms with Crippen molar-refractivity contribution in [2.75, 3.05) is 19.7 Å². The van der Waals surface area contributed by atoms with Gasteiger partial charge in [0.2, 0.25) is 0 Å². The second-order valence-electron chi connectivity index (χ2n) is 7.77. The van der Waals surface area contributed by atoms with Gasteiger partial charge in [-0.3, -0.25) is 0 Å². The Morgan fingerprint density at radius 2 is 1.97 bits per heavy atom. The average Bonchev–Trinajstić information content (AvgIpc) is 3.35. The van der Waals surface area contributed by atoms with E-state index < -0.39 is 5.91 Å². The zero-order chi connectivity index (χ0) is 21.1. The second kappa shape index (κ2) is 9.47. The van der Waals surface area contributed by atoms with Crippen LogP contribution in [-0.2, 0) is 11.0 Å². The van der Waals surface area contributed by atoms with Crippen molar-refractivity contribution in [1.82, 2.24) is 13.2 Å². The summed E-state index contributed by atoms with van der Waals surface area (Å²) in [6, 6.07) is 16.0. The van der Waals surface area contributed by atoms with Crippen LogP contribution < -0.4 is 27.0 Å². The molecule has 1 unspecified atom stereocenters. The van der Waals surface area contributed by atoms with Crippen LogP contribution in [0.25, 0.3) is 10.9 Å². The third kappa shape index (κ3) is 4.39. The van der Waals surface area contributed by atoms with Crippen LogP contribution in [-0.4, -0.2) is 43.6 Å². The van der Waals surface area contributed by atoms with Gasteiger partial charge in [0.25, 0.3) is 0 Å². The summed E-state index contributed by atoms with van der Waals surface area (Å²) in [5.41, 5.74) is 7.15. The first-order chi connectivity index (χ1) is 14.6. The Morgan fingerprint density at radius 1 is 1.20 bits per heavy atom. The molecule has 0 aliphatic carbocycles. The minimum absolute atomic E-state index is 0.126. The molecule has 7 heteroatoms. The van der Waals surface area contributed by atoms with Crippen LogP contribution in [0.2, 0.25) is 0 Å². The molecule has 1 saturated heterocycles. The molecule has 0 saturated carbocycles. The number of carbonyl (C=O) groups is 1. The third-order valence-corrected chi connectivity index (χ3v) is 8.73. The number of fused-ring (bicyclic) bond motifs is 1. The summed E-state index contributed by atoms with van der Waals surface area (Å²) in [6.45, 7) is 4.64. The van der Waals surface area contributed by atoms with E-state index >= 15 is 0 Å². The van der Waals surface area contributed by atoms with E-state index in [4.69, 9.17) is 5.21 Å². The summed E-state index contributed by atoms with van der Waals surface area (Å²) in [7, 11) is 0. The van der Waals surface area contributed by atoms with E-state index in [1.165, 1.54) is 22.2 Å². The summed E-state index contributed by atoms with van der Waals surface area (Å²) in [4.78, 5) is 11.6. The molecule has 0 bridgehead atoms. The molecule has 2 heterocycles. The Hall–Kier alpha value is -1.94. The Labute approximate surface area is 187 Å². The van der Waals surface area contributed by atoms with Gasteiger partial charge < -0.3 is 0 Å². The third-order valence-electron chi connectivity index (χ3n) is 5.90. The van der Waals surface area contributed by atoms with Crippen molar-refractivity contribution in [3.8, 4) is 0 Å². The summed E-state index contributed by atoms with van der Waals surface area (Å²) in [5, 5.41) is 19.5. The molecule has 1 atom stereocenters. The van der Waals surface area contributed by atoms with Crippen molar-refractivity contribution in [2.24, 2.45) is 5.92 Å². The van der Waals surface area contributed by atoms with E-state index in [2.05, 4.69) is 38.9 Å². The van der Waals surface area contributed by atoms with E-state index in [9.17, 15) is 9.90 Å². The van der Waals surface area contributed by atoms with Crippen LogP contribution >= 0.6 is 0 Å². The standard InChI is InChI=1S/C23H27IN3O3/c1-16-21(12-17-6-8-19(9-7-17)23(29)25-30)20-4-2-3-5-22(20)27(16)15-24-26-11-10-18(13-26)14-28/h2-9,18,28,30H,10-15H2,1H3,(H,25,29)/q-1. The first kappa shape index (κ1) is 21.3. The van der Waals surface area contributed by atoms with Crippen LogP contribution in [0.4, 0.5) is 0 Å². The van der Waals surface area contributed by atoms with Crippen molar-refractivity contribution in [2.45, 2.75) is 24.3 Å². The van der Waals surface area contributed by atoms with Crippen molar-refractivity contribution in [3.63, 3.8) is 0 Å². The molecule has 2 aromatic carbocycles. The number of carbonyl (C=O) groups excluding carboxylic acids is 1. The first-order valence-electron chi connectivity index (χ1n) is 10.2. The first-order valence-corrected chi connectivity index (χ1v) is 12.6. The van der Waals surface area contributed by atoms with Gasteiger partial charge in [0.1, 0.15) is 0 Å². The van der Waals surface area contributed by atoms with Gasteiger partial charge >= 0.3 is 187 Å². The number of hydrogen-bond acceptors (Lipinski definition) is 4. The number of benzene rings is 2. The number of para-hydroxylation sites is 1. The van der Waals surface area contributed by atoms with Crippen LogP contribution in [0, 0.1) is 12.8 Å². The van der Waals surface area contributed by atoms with Crippen molar-refractivity contribution >= 4 is 16.8 Å². The number of hydrogen-bond donors (Lipinski definition) is 3. The molecule has 1 fully saturated rings. The van der Waals surface area contributed by atoms with E-state index in [0.29, 0.717) is 18.1 Å². The van der Waals surface area contributed by atoms with Crippen LogP contribution in [0.3, 0.4) is 0 Å². The molecule has 0 spiro atoms. The fourth-order valence-electron chi connectivity index (χ4n) is 4.09. The number of halogens is 1. The molecule has 1 aromatic heterocycles. The zero-order valence-electron chi connectivity index (χ0n) is 17.0. The van der Waals surface area contributed by atoms with Gasteiger partial charge in [0.05, 0.1) is 0 Å². The molecular weight excluding hydrogens is 493 g/mol. The number of hydroxylamine groups is 1. The summed E-state index contributed by atoms with van der Waals surface area (Å²) in [6.07, 6.45) is 1.91. The number of alkyl halides is 1. The summed E-state index contributed by atoms with van der Waals surface area (Å²) < 4.78 is 6.05. The zero-order valence-corrected chi connectivity index (χ0v) is 19.2. The summed E-state index contributed by atoms with van der Waals surface area (Å²) in [5.74, 6) is -0.0535. The molecule has 0 radical (unpaired) electrons. The van der Waals surface area contributed by atoms with Crippen LogP contribution in [0.1, 0.15) is 33.6 Å². The Bertz CT molecular complexity index is 1030. The van der Waals surface area contributed by atoms with Crippen molar-refractivity contribution < 1.29 is 36.6 Å². The number of aliphatic hydroxyl groups is 1. The predicted molar refractivity (Wildman–Crippen MR) is 112 cm³/mol. The fraction of sp³-hybridized carbons (Fsp3) is 0.348. The Balaban J connectivity index is 1.56. The van der Waals surface area contributed by atoms with Crippen molar-refractivity contribution in [1.29, 1.82) is 0 Å². The minimum atomic E-state index is -0.497. The van der Waals surface area contributed by atoms with Gasteiger partial charge in [-0.05, 0) is 0 Å². The fourth-order valence-corrected chi connectivity index (χ4v) is 7.17. The quantitative estimate of drug-likeness (QED) is 0.134. The van der Waals surface area contributed by atoms with Gasteiger partial charge in [0.15, 0.2) is 0 Å². The maximum atomic E-state index is 11.6. The van der Waals surface area contributed by atoms with E-state index in [-0.39, 0.29) is 21.5 Å². The predicted octanol–water partition coefficient (Wildman–Crippen LogP) is -0.0648. The second-order valence-corrected chi connectivity index (χ2v) is 10.5. The number of nitrogens with one attached hydrogen (secondary N) is 1. The molecule has 4 rings (SSSR count). The molecule has 1 amide bonds.